The molecule has 0 aliphatic heterocycles. The van der Waals surface area contributed by atoms with E-state index in [9.17, 15) is 5.11 Å². The Morgan fingerprint density at radius 2 is 1.70 bits per heavy atom. The first-order chi connectivity index (χ1) is 9.42. The third-order valence-electron chi connectivity index (χ3n) is 3.67. The number of aromatic nitrogens is 1. The molecule has 0 unspecified atom stereocenters. The molecule has 0 saturated carbocycles. The van der Waals surface area contributed by atoms with Crippen LogP contribution in [0.3, 0.4) is 0 Å². The second-order valence-corrected chi connectivity index (χ2v) is 6.63. The van der Waals surface area contributed by atoms with Crippen LogP contribution >= 0.6 is 0 Å². The molecule has 0 spiro atoms. The predicted octanol–water partition coefficient (Wildman–Crippen LogP) is 4.51. The summed E-state index contributed by atoms with van der Waals surface area (Å²) in [6, 6.07) is 8.14. The Kier molecular flexibility index (Phi) is 4.44. The van der Waals surface area contributed by atoms with Crippen LogP contribution in [0.5, 0.6) is 0 Å². The Hall–Kier alpha value is -1.41. The summed E-state index contributed by atoms with van der Waals surface area (Å²) < 4.78 is 0. The summed E-state index contributed by atoms with van der Waals surface area (Å²) in [6.07, 6.45) is 5.24. The lowest BCUT2D eigenvalue weighted by Crippen LogP contribution is -2.30. The van der Waals surface area contributed by atoms with Crippen LogP contribution < -0.4 is 0 Å². The molecular formula is C18H25NO. The van der Waals surface area contributed by atoms with Crippen LogP contribution in [0.15, 0.2) is 36.7 Å². The molecule has 1 heterocycles. The van der Waals surface area contributed by atoms with Crippen molar-refractivity contribution >= 4 is 10.8 Å². The molecule has 0 radical (unpaired) electrons. The zero-order chi connectivity index (χ0) is 14.8. The summed E-state index contributed by atoms with van der Waals surface area (Å²) in [5.74, 6) is 0.909. The van der Waals surface area contributed by atoms with Gasteiger partial charge in [0.05, 0.1) is 5.60 Å². The van der Waals surface area contributed by atoms with Gasteiger partial charge in [0.1, 0.15) is 0 Å². The normalized spacial score (nSPS) is 12.6. The summed E-state index contributed by atoms with van der Waals surface area (Å²) in [7, 11) is 0. The van der Waals surface area contributed by atoms with Gasteiger partial charge in [-0.25, -0.2) is 0 Å². The molecule has 0 amide bonds. The van der Waals surface area contributed by atoms with Crippen LogP contribution in [0, 0.1) is 11.8 Å². The molecule has 2 aromatic rings. The monoisotopic (exact) mass is 271 g/mol. The Labute approximate surface area is 121 Å². The summed E-state index contributed by atoms with van der Waals surface area (Å²) in [5, 5.41) is 13.5. The number of fused-ring (bicyclic) bond motifs is 1. The Balaban J connectivity index is 2.56. The van der Waals surface area contributed by atoms with Crippen molar-refractivity contribution in [3.05, 3.63) is 42.2 Å². The van der Waals surface area contributed by atoms with E-state index in [1.807, 2.05) is 18.3 Å². The van der Waals surface area contributed by atoms with E-state index in [1.54, 1.807) is 6.20 Å². The standard InChI is InChI=1S/C18H25NO/c1-13(2)10-18(20,11-14(3)4)17-7-5-6-15-12-19-9-8-16(15)17/h5-9,12-14,20H,10-11H2,1-4H3. The van der Waals surface area contributed by atoms with Crippen molar-refractivity contribution in [1.29, 1.82) is 0 Å². The number of benzene rings is 1. The fourth-order valence-electron chi connectivity index (χ4n) is 3.18. The van der Waals surface area contributed by atoms with Crippen molar-refractivity contribution in [2.75, 3.05) is 0 Å². The highest BCUT2D eigenvalue weighted by molar-refractivity contribution is 5.85. The highest BCUT2D eigenvalue weighted by atomic mass is 16.3. The number of nitrogens with zero attached hydrogens (tertiary/aromatic N) is 1. The molecule has 0 fully saturated rings. The largest absolute Gasteiger partial charge is 0.385 e. The van der Waals surface area contributed by atoms with Crippen LogP contribution in [0.4, 0.5) is 0 Å². The van der Waals surface area contributed by atoms with E-state index < -0.39 is 5.60 Å². The maximum Gasteiger partial charge on any atom is 0.0907 e. The third-order valence-corrected chi connectivity index (χ3v) is 3.67. The van der Waals surface area contributed by atoms with Gasteiger partial charge in [0.15, 0.2) is 0 Å². The van der Waals surface area contributed by atoms with Gasteiger partial charge in [-0.15, -0.1) is 0 Å². The van der Waals surface area contributed by atoms with Crippen molar-refractivity contribution in [2.45, 2.75) is 46.1 Å². The summed E-state index contributed by atoms with van der Waals surface area (Å²) >= 11 is 0. The lowest BCUT2D eigenvalue weighted by molar-refractivity contribution is -0.00312. The SMILES string of the molecule is CC(C)CC(O)(CC(C)C)c1cccc2cnccc12. The quantitative estimate of drug-likeness (QED) is 0.867. The summed E-state index contributed by atoms with van der Waals surface area (Å²) in [4.78, 5) is 4.18. The molecule has 2 nitrogen and oxygen atoms in total. The smallest absolute Gasteiger partial charge is 0.0907 e. The highest BCUT2D eigenvalue weighted by Crippen LogP contribution is 2.38. The maximum absolute atomic E-state index is 11.3. The molecule has 1 aromatic heterocycles. The molecule has 0 atom stereocenters. The summed E-state index contributed by atoms with van der Waals surface area (Å²) in [5.41, 5.74) is 0.281. The minimum Gasteiger partial charge on any atom is -0.385 e. The number of pyridine rings is 1. The van der Waals surface area contributed by atoms with Crippen LogP contribution in [0.2, 0.25) is 0 Å². The topological polar surface area (TPSA) is 33.1 Å². The van der Waals surface area contributed by atoms with Gasteiger partial charge in [-0.3, -0.25) is 4.98 Å². The number of aliphatic hydroxyl groups is 1. The van der Waals surface area contributed by atoms with Crippen molar-refractivity contribution in [3.8, 4) is 0 Å². The van der Waals surface area contributed by atoms with Gasteiger partial charge in [0, 0.05) is 17.8 Å². The maximum atomic E-state index is 11.3. The molecule has 2 rings (SSSR count). The fraction of sp³-hybridized carbons (Fsp3) is 0.500. The van der Waals surface area contributed by atoms with Crippen molar-refractivity contribution in [1.82, 2.24) is 4.98 Å². The molecule has 0 saturated heterocycles. The lowest BCUT2D eigenvalue weighted by Gasteiger charge is -2.33. The molecular weight excluding hydrogens is 246 g/mol. The van der Waals surface area contributed by atoms with Gasteiger partial charge in [-0.1, -0.05) is 45.9 Å². The first-order valence-electron chi connectivity index (χ1n) is 7.48. The van der Waals surface area contributed by atoms with E-state index in [-0.39, 0.29) is 0 Å². The fourth-order valence-corrected chi connectivity index (χ4v) is 3.18. The molecule has 0 aliphatic carbocycles. The third kappa shape index (κ3) is 3.18. The van der Waals surface area contributed by atoms with E-state index in [0.717, 1.165) is 29.2 Å². The van der Waals surface area contributed by atoms with Gasteiger partial charge in [-0.05, 0) is 41.7 Å². The summed E-state index contributed by atoms with van der Waals surface area (Å²) in [6.45, 7) is 8.66. The zero-order valence-electron chi connectivity index (χ0n) is 12.9. The molecule has 0 aliphatic rings. The highest BCUT2D eigenvalue weighted by Gasteiger charge is 2.32. The average Bonchev–Trinajstić information content (AvgIpc) is 2.36. The Morgan fingerprint density at radius 1 is 1.05 bits per heavy atom. The van der Waals surface area contributed by atoms with Crippen LogP contribution in [-0.4, -0.2) is 10.1 Å². The number of rotatable bonds is 5. The van der Waals surface area contributed by atoms with Crippen molar-refractivity contribution in [3.63, 3.8) is 0 Å². The van der Waals surface area contributed by atoms with Crippen molar-refractivity contribution < 1.29 is 5.11 Å². The second-order valence-electron chi connectivity index (χ2n) is 6.63. The minimum absolute atomic E-state index is 0.454. The van der Waals surface area contributed by atoms with Crippen LogP contribution in [-0.2, 0) is 5.60 Å². The molecule has 1 aromatic carbocycles. The predicted molar refractivity (Wildman–Crippen MR) is 84.5 cm³/mol. The first-order valence-corrected chi connectivity index (χ1v) is 7.48. The van der Waals surface area contributed by atoms with Crippen LogP contribution in [0.25, 0.3) is 10.8 Å². The van der Waals surface area contributed by atoms with Gasteiger partial charge in [0.2, 0.25) is 0 Å². The van der Waals surface area contributed by atoms with Gasteiger partial charge >= 0.3 is 0 Å². The van der Waals surface area contributed by atoms with Crippen LogP contribution in [0.1, 0.15) is 46.1 Å². The van der Waals surface area contributed by atoms with E-state index >= 15 is 0 Å². The molecule has 20 heavy (non-hydrogen) atoms. The van der Waals surface area contributed by atoms with Gasteiger partial charge in [-0.2, -0.15) is 0 Å². The second kappa shape index (κ2) is 5.92. The van der Waals surface area contributed by atoms with E-state index in [2.05, 4.69) is 44.8 Å². The Bertz CT molecular complexity index is 559. The minimum atomic E-state index is -0.761. The number of hydrogen-bond donors (Lipinski definition) is 1. The molecule has 2 heteroatoms. The van der Waals surface area contributed by atoms with E-state index in [1.165, 1.54) is 0 Å². The lowest BCUT2D eigenvalue weighted by atomic mass is 9.78. The number of hydrogen-bond acceptors (Lipinski definition) is 2. The zero-order valence-corrected chi connectivity index (χ0v) is 12.9. The molecule has 108 valence electrons. The first kappa shape index (κ1) is 15.0. The molecule has 1 N–H and O–H groups in total. The van der Waals surface area contributed by atoms with Gasteiger partial charge < -0.3 is 5.11 Å². The van der Waals surface area contributed by atoms with Gasteiger partial charge in [0.25, 0.3) is 0 Å². The Morgan fingerprint density at radius 3 is 2.30 bits per heavy atom. The average molecular weight is 271 g/mol. The van der Waals surface area contributed by atoms with E-state index in [4.69, 9.17) is 0 Å². The van der Waals surface area contributed by atoms with Crippen molar-refractivity contribution in [2.24, 2.45) is 11.8 Å². The van der Waals surface area contributed by atoms with E-state index in [0.29, 0.717) is 11.8 Å². The molecule has 0 bridgehead atoms.